The van der Waals surface area contributed by atoms with Gasteiger partial charge in [0.2, 0.25) is 0 Å². The van der Waals surface area contributed by atoms with Crippen molar-refractivity contribution in [2.24, 2.45) is 0 Å². The minimum absolute atomic E-state index is 0. The molecule has 1 rings (SSSR count). The number of hydrogen-bond donors (Lipinski definition) is 1. The zero-order valence-corrected chi connectivity index (χ0v) is 2.55. The first kappa shape index (κ1) is 6.14. The minimum Gasteiger partial charge on any atom is -0.266 e. The molecule has 4 heteroatoms. The van der Waals surface area contributed by atoms with Crippen molar-refractivity contribution in [2.45, 2.75) is 0 Å². The summed E-state index contributed by atoms with van der Waals surface area (Å²) in [4.78, 5) is 0. The zero-order valence-electron chi connectivity index (χ0n) is 2.55. The summed E-state index contributed by atoms with van der Waals surface area (Å²) in [7, 11) is 0. The molecular formula is C2H4N3Na. The Balaban J connectivity index is 0.000000250. The van der Waals surface area contributed by atoms with Gasteiger partial charge in [0.15, 0.2) is 0 Å². The molecule has 1 heterocycles. The van der Waals surface area contributed by atoms with E-state index in [9.17, 15) is 0 Å². The van der Waals surface area contributed by atoms with Crippen molar-refractivity contribution in [1.82, 2.24) is 15.4 Å². The Kier molecular flexibility index (Phi) is 3.41. The van der Waals surface area contributed by atoms with Gasteiger partial charge in [0.25, 0.3) is 0 Å². The average Bonchev–Trinajstić information content (AvgIpc) is 1.76. The number of aromatic nitrogens is 3. The van der Waals surface area contributed by atoms with Crippen molar-refractivity contribution < 1.29 is 0 Å². The smallest absolute Gasteiger partial charge is 0.0690 e. The van der Waals surface area contributed by atoms with Crippen molar-refractivity contribution >= 4 is 29.6 Å². The zero-order chi connectivity index (χ0) is 3.54. The molecule has 1 aromatic rings. The number of aromatic amines is 1. The minimum atomic E-state index is 0. The molecule has 6 heavy (non-hydrogen) atoms. The third-order valence-electron chi connectivity index (χ3n) is 0.331. The van der Waals surface area contributed by atoms with Gasteiger partial charge in [0.1, 0.15) is 0 Å². The van der Waals surface area contributed by atoms with E-state index >= 15 is 0 Å². The summed E-state index contributed by atoms with van der Waals surface area (Å²) in [5.74, 6) is 0. The fourth-order valence-corrected chi connectivity index (χ4v) is 0.167. The molecule has 0 aliphatic heterocycles. The molecule has 1 N–H and O–H groups in total. The molecule has 0 saturated heterocycles. The van der Waals surface area contributed by atoms with E-state index in [-0.39, 0.29) is 29.6 Å². The molecule has 0 bridgehead atoms. The number of nitrogens with zero attached hydrogens (tertiary/aromatic N) is 2. The molecule has 0 aliphatic rings. The van der Waals surface area contributed by atoms with Crippen molar-refractivity contribution in [3.63, 3.8) is 0 Å². The fraction of sp³-hybridized carbons (Fsp3) is 0. The number of hydrogen-bond acceptors (Lipinski definition) is 2. The van der Waals surface area contributed by atoms with Gasteiger partial charge in [0.05, 0.1) is 6.20 Å². The first-order valence-corrected chi connectivity index (χ1v) is 1.30. The molecule has 0 unspecified atom stereocenters. The second kappa shape index (κ2) is 3.33. The average molecular weight is 93.1 g/mol. The molecule has 1 aromatic heterocycles. The molecular weight excluding hydrogens is 89.0 g/mol. The van der Waals surface area contributed by atoms with Crippen LogP contribution in [0.1, 0.15) is 0 Å². The van der Waals surface area contributed by atoms with Crippen LogP contribution in [0.4, 0.5) is 0 Å². The SMILES string of the molecule is [NaH].c1c[nH]nn1. The Bertz CT molecular complexity index is 65.3. The van der Waals surface area contributed by atoms with Gasteiger partial charge in [-0.25, -0.2) is 0 Å². The molecule has 0 fully saturated rings. The summed E-state index contributed by atoms with van der Waals surface area (Å²) < 4.78 is 0. The predicted octanol–water partition coefficient (Wildman–Crippen LogP) is -0.844. The molecule has 0 saturated carbocycles. The monoisotopic (exact) mass is 93.0 g/mol. The molecule has 0 aliphatic carbocycles. The standard InChI is InChI=1S/C2H3N3.Na.H/c1-2-4-5-3-1;;/h1-2H,(H,3,4,5);;. The van der Waals surface area contributed by atoms with E-state index in [4.69, 9.17) is 0 Å². The molecule has 3 nitrogen and oxygen atoms in total. The van der Waals surface area contributed by atoms with Crippen molar-refractivity contribution in [3.8, 4) is 0 Å². The third-order valence-corrected chi connectivity index (χ3v) is 0.331. The summed E-state index contributed by atoms with van der Waals surface area (Å²) >= 11 is 0. The third kappa shape index (κ3) is 1.55. The summed E-state index contributed by atoms with van der Waals surface area (Å²) in [5, 5.41) is 9.26. The van der Waals surface area contributed by atoms with Gasteiger partial charge < -0.3 is 0 Å². The van der Waals surface area contributed by atoms with Gasteiger partial charge in [-0.3, -0.25) is 5.10 Å². The molecule has 28 valence electrons. The summed E-state index contributed by atoms with van der Waals surface area (Å²) in [5.41, 5.74) is 0. The topological polar surface area (TPSA) is 41.6 Å². The predicted molar refractivity (Wildman–Crippen MR) is 23.5 cm³/mol. The van der Waals surface area contributed by atoms with E-state index in [0.717, 1.165) is 0 Å². The number of H-pyrrole nitrogens is 1. The van der Waals surface area contributed by atoms with Gasteiger partial charge in [-0.1, -0.05) is 5.21 Å². The van der Waals surface area contributed by atoms with E-state index < -0.39 is 0 Å². The molecule has 0 amide bonds. The van der Waals surface area contributed by atoms with Crippen LogP contribution >= 0.6 is 0 Å². The van der Waals surface area contributed by atoms with E-state index in [1.54, 1.807) is 12.4 Å². The quantitative estimate of drug-likeness (QED) is 0.425. The molecule has 0 spiro atoms. The van der Waals surface area contributed by atoms with Gasteiger partial charge in [-0.2, -0.15) is 0 Å². The second-order valence-electron chi connectivity index (χ2n) is 0.660. The molecule has 0 radical (unpaired) electrons. The van der Waals surface area contributed by atoms with Crippen molar-refractivity contribution in [2.75, 3.05) is 0 Å². The van der Waals surface area contributed by atoms with E-state index in [2.05, 4.69) is 15.4 Å². The van der Waals surface area contributed by atoms with Crippen LogP contribution < -0.4 is 0 Å². The van der Waals surface area contributed by atoms with Gasteiger partial charge >= 0.3 is 29.6 Å². The summed E-state index contributed by atoms with van der Waals surface area (Å²) in [6, 6.07) is 0. The van der Waals surface area contributed by atoms with Crippen LogP contribution in [0.3, 0.4) is 0 Å². The summed E-state index contributed by atoms with van der Waals surface area (Å²) in [6.07, 6.45) is 3.24. The fourth-order valence-electron chi connectivity index (χ4n) is 0.167. The maximum Gasteiger partial charge on any atom is 0.0690 e. The maximum absolute atomic E-state index is 3.42. The molecule has 0 atom stereocenters. The first-order valence-electron chi connectivity index (χ1n) is 1.30. The van der Waals surface area contributed by atoms with Crippen LogP contribution in [0.15, 0.2) is 12.4 Å². The Morgan fingerprint density at radius 3 is 2.50 bits per heavy atom. The van der Waals surface area contributed by atoms with Crippen LogP contribution in [0.2, 0.25) is 0 Å². The Morgan fingerprint density at radius 1 is 1.50 bits per heavy atom. The van der Waals surface area contributed by atoms with Gasteiger partial charge in [-0.15, -0.1) is 5.10 Å². The van der Waals surface area contributed by atoms with Gasteiger partial charge in [0, 0.05) is 6.20 Å². The number of rotatable bonds is 0. The number of nitrogens with one attached hydrogen (secondary N) is 1. The van der Waals surface area contributed by atoms with E-state index in [0.29, 0.717) is 0 Å². The van der Waals surface area contributed by atoms with Crippen LogP contribution in [0.5, 0.6) is 0 Å². The van der Waals surface area contributed by atoms with E-state index in [1.807, 2.05) is 0 Å². The normalized spacial score (nSPS) is 6.67. The molecule has 0 aromatic carbocycles. The van der Waals surface area contributed by atoms with Crippen LogP contribution in [0, 0.1) is 0 Å². The van der Waals surface area contributed by atoms with Crippen LogP contribution in [-0.4, -0.2) is 45.0 Å². The maximum atomic E-state index is 3.42. The van der Waals surface area contributed by atoms with Crippen molar-refractivity contribution in [1.29, 1.82) is 0 Å². The van der Waals surface area contributed by atoms with Crippen LogP contribution in [-0.2, 0) is 0 Å². The largest absolute Gasteiger partial charge is 0.266 e. The Labute approximate surface area is 57.4 Å². The summed E-state index contributed by atoms with van der Waals surface area (Å²) in [6.45, 7) is 0. The second-order valence-corrected chi connectivity index (χ2v) is 0.660. The Morgan fingerprint density at radius 2 is 2.33 bits per heavy atom. The first-order chi connectivity index (χ1) is 2.50. The van der Waals surface area contributed by atoms with Crippen molar-refractivity contribution in [3.05, 3.63) is 12.4 Å². The van der Waals surface area contributed by atoms with Crippen LogP contribution in [0.25, 0.3) is 0 Å². The Hall–Kier alpha value is 0.140. The van der Waals surface area contributed by atoms with Gasteiger partial charge in [-0.05, 0) is 0 Å². The van der Waals surface area contributed by atoms with E-state index in [1.165, 1.54) is 0 Å².